The van der Waals surface area contributed by atoms with Gasteiger partial charge in [0.25, 0.3) is 0 Å². The highest BCUT2D eigenvalue weighted by Crippen LogP contribution is 2.21. The van der Waals surface area contributed by atoms with E-state index < -0.39 is 0 Å². The maximum atomic E-state index is 5.98. The van der Waals surface area contributed by atoms with Crippen LogP contribution in [0.2, 0.25) is 0 Å². The van der Waals surface area contributed by atoms with Gasteiger partial charge in [-0.2, -0.15) is 0 Å². The molecule has 2 aromatic rings. The van der Waals surface area contributed by atoms with E-state index >= 15 is 0 Å². The minimum Gasteiger partial charge on any atom is -0.485 e. The number of para-hydroxylation sites is 1. The highest BCUT2D eigenvalue weighted by molar-refractivity contribution is 5.34. The Bertz CT molecular complexity index is 468. The Morgan fingerprint density at radius 2 is 2.17 bits per heavy atom. The minimum absolute atomic E-state index is 0.167. The number of hydrogen-bond donors (Lipinski definition) is 1. The zero-order valence-electron chi connectivity index (χ0n) is 10.5. The number of hydrogen-bond acceptors (Lipinski definition) is 4. The molecule has 4 nitrogen and oxygen atoms in total. The summed E-state index contributed by atoms with van der Waals surface area (Å²) in [6.07, 6.45) is 3.39. The topological polar surface area (TPSA) is 61.3 Å². The van der Waals surface area contributed by atoms with E-state index in [2.05, 4.69) is 12.1 Å². The van der Waals surface area contributed by atoms with Gasteiger partial charge in [0, 0.05) is 12.1 Å². The van der Waals surface area contributed by atoms with Crippen LogP contribution in [0.15, 0.2) is 41.1 Å². The van der Waals surface area contributed by atoms with E-state index in [4.69, 9.17) is 15.0 Å². The van der Waals surface area contributed by atoms with Crippen LogP contribution in [0.1, 0.15) is 24.7 Å². The first-order valence-electron chi connectivity index (χ1n) is 6.15. The molecule has 18 heavy (non-hydrogen) atoms. The van der Waals surface area contributed by atoms with E-state index in [9.17, 15) is 0 Å². The van der Waals surface area contributed by atoms with E-state index in [0.717, 1.165) is 24.2 Å². The lowest BCUT2D eigenvalue weighted by atomic mass is 10.0. The predicted molar refractivity (Wildman–Crippen MR) is 69.2 cm³/mol. The van der Waals surface area contributed by atoms with Crippen molar-refractivity contribution < 1.29 is 9.26 Å². The molecule has 0 aliphatic carbocycles. The first-order chi connectivity index (χ1) is 8.79. The van der Waals surface area contributed by atoms with Gasteiger partial charge in [0.15, 0.2) is 5.76 Å². The third-order valence-corrected chi connectivity index (χ3v) is 2.84. The van der Waals surface area contributed by atoms with Gasteiger partial charge in [-0.25, -0.2) is 0 Å². The van der Waals surface area contributed by atoms with Gasteiger partial charge in [-0.3, -0.25) is 0 Å². The Labute approximate surface area is 107 Å². The van der Waals surface area contributed by atoms with Crippen LogP contribution in [0.3, 0.4) is 0 Å². The number of nitrogens with zero attached hydrogens (tertiary/aromatic N) is 1. The second-order valence-corrected chi connectivity index (χ2v) is 4.25. The number of benzene rings is 1. The summed E-state index contributed by atoms with van der Waals surface area (Å²) in [6.45, 7) is 2.47. The number of aromatic nitrogens is 1. The smallest absolute Gasteiger partial charge is 0.174 e. The molecule has 0 saturated carbocycles. The number of ether oxygens (including phenoxy) is 1. The molecule has 1 aromatic carbocycles. The summed E-state index contributed by atoms with van der Waals surface area (Å²) in [7, 11) is 0. The molecule has 0 fully saturated rings. The third kappa shape index (κ3) is 3.34. The normalized spacial score (nSPS) is 12.3. The molecule has 1 heterocycles. The summed E-state index contributed by atoms with van der Waals surface area (Å²) in [5.41, 5.74) is 7.11. The molecule has 2 rings (SSSR count). The summed E-state index contributed by atoms with van der Waals surface area (Å²) in [5, 5.41) is 3.64. The molecule has 0 spiro atoms. The Hall–Kier alpha value is -1.81. The first kappa shape index (κ1) is 12.6. The monoisotopic (exact) mass is 246 g/mol. The van der Waals surface area contributed by atoms with E-state index in [-0.39, 0.29) is 6.04 Å². The second-order valence-electron chi connectivity index (χ2n) is 4.25. The molecule has 2 N–H and O–H groups in total. The van der Waals surface area contributed by atoms with Gasteiger partial charge in [-0.15, -0.1) is 0 Å². The highest BCUT2D eigenvalue weighted by atomic mass is 16.5. The highest BCUT2D eigenvalue weighted by Gasteiger charge is 2.08. The van der Waals surface area contributed by atoms with Crippen LogP contribution in [0.5, 0.6) is 5.75 Å². The molecule has 0 saturated heterocycles. The molecule has 0 radical (unpaired) electrons. The summed E-state index contributed by atoms with van der Waals surface area (Å²) >= 11 is 0. The molecule has 1 atom stereocenters. The molecule has 1 aromatic heterocycles. The molecule has 0 aliphatic rings. The fraction of sp³-hybridized carbons (Fsp3) is 0.357. The Kier molecular flexibility index (Phi) is 4.36. The van der Waals surface area contributed by atoms with Gasteiger partial charge >= 0.3 is 0 Å². The molecule has 0 amide bonds. The van der Waals surface area contributed by atoms with Crippen molar-refractivity contribution in [2.75, 3.05) is 0 Å². The Morgan fingerprint density at radius 1 is 1.33 bits per heavy atom. The van der Waals surface area contributed by atoms with Crippen LogP contribution in [0.25, 0.3) is 0 Å². The van der Waals surface area contributed by atoms with Gasteiger partial charge in [0.2, 0.25) is 0 Å². The lowest BCUT2D eigenvalue weighted by Crippen LogP contribution is -2.21. The number of nitrogens with two attached hydrogens (primary N) is 1. The fourth-order valence-corrected chi connectivity index (χ4v) is 1.71. The predicted octanol–water partition coefficient (Wildman–Crippen LogP) is 2.53. The molecular weight excluding hydrogens is 228 g/mol. The van der Waals surface area contributed by atoms with Crippen molar-refractivity contribution in [3.05, 3.63) is 47.9 Å². The van der Waals surface area contributed by atoms with Crippen molar-refractivity contribution in [3.63, 3.8) is 0 Å². The molecular formula is C14H18N2O2. The second kappa shape index (κ2) is 6.21. The number of rotatable bonds is 6. The first-order valence-corrected chi connectivity index (χ1v) is 6.15. The zero-order valence-corrected chi connectivity index (χ0v) is 10.5. The maximum Gasteiger partial charge on any atom is 0.174 e. The quantitative estimate of drug-likeness (QED) is 0.850. The Morgan fingerprint density at radius 3 is 2.89 bits per heavy atom. The summed E-state index contributed by atoms with van der Waals surface area (Å²) in [4.78, 5) is 0. The molecule has 0 aliphatic heterocycles. The maximum absolute atomic E-state index is 5.98. The van der Waals surface area contributed by atoms with Gasteiger partial charge < -0.3 is 15.0 Å². The Balaban J connectivity index is 2.02. The fourth-order valence-electron chi connectivity index (χ4n) is 1.71. The SMILES string of the molecule is CCC(N)Cc1ccccc1OCc1ccno1. The molecule has 4 heteroatoms. The van der Waals surface area contributed by atoms with Crippen LogP contribution in [-0.4, -0.2) is 11.2 Å². The lowest BCUT2D eigenvalue weighted by molar-refractivity contribution is 0.247. The van der Waals surface area contributed by atoms with Crippen molar-refractivity contribution in [3.8, 4) is 5.75 Å². The summed E-state index contributed by atoms with van der Waals surface area (Å²) < 4.78 is 10.7. The molecule has 96 valence electrons. The average molecular weight is 246 g/mol. The van der Waals surface area contributed by atoms with Crippen LogP contribution >= 0.6 is 0 Å². The van der Waals surface area contributed by atoms with Crippen LogP contribution in [0, 0.1) is 0 Å². The lowest BCUT2D eigenvalue weighted by Gasteiger charge is -2.13. The van der Waals surface area contributed by atoms with Crippen LogP contribution in [0.4, 0.5) is 0 Å². The average Bonchev–Trinajstić information content (AvgIpc) is 2.91. The van der Waals surface area contributed by atoms with Crippen molar-refractivity contribution >= 4 is 0 Å². The summed E-state index contributed by atoms with van der Waals surface area (Å²) in [5.74, 6) is 1.57. The van der Waals surface area contributed by atoms with Crippen molar-refractivity contribution in [2.24, 2.45) is 5.73 Å². The third-order valence-electron chi connectivity index (χ3n) is 2.84. The van der Waals surface area contributed by atoms with E-state index in [1.807, 2.05) is 24.3 Å². The van der Waals surface area contributed by atoms with E-state index in [1.54, 1.807) is 12.3 Å². The van der Waals surface area contributed by atoms with Crippen molar-refractivity contribution in [2.45, 2.75) is 32.4 Å². The minimum atomic E-state index is 0.167. The largest absolute Gasteiger partial charge is 0.485 e. The van der Waals surface area contributed by atoms with E-state index in [0.29, 0.717) is 12.4 Å². The molecule has 0 bridgehead atoms. The summed E-state index contributed by atoms with van der Waals surface area (Å²) in [6, 6.07) is 9.91. The van der Waals surface area contributed by atoms with Crippen molar-refractivity contribution in [1.29, 1.82) is 0 Å². The van der Waals surface area contributed by atoms with Gasteiger partial charge in [-0.05, 0) is 24.5 Å². The van der Waals surface area contributed by atoms with E-state index in [1.165, 1.54) is 0 Å². The van der Waals surface area contributed by atoms with Gasteiger partial charge in [0.05, 0.1) is 6.20 Å². The molecule has 1 unspecified atom stereocenters. The van der Waals surface area contributed by atoms with Crippen molar-refractivity contribution in [1.82, 2.24) is 5.16 Å². The van der Waals surface area contributed by atoms with Crippen LogP contribution < -0.4 is 10.5 Å². The van der Waals surface area contributed by atoms with Gasteiger partial charge in [0.1, 0.15) is 12.4 Å². The van der Waals surface area contributed by atoms with Gasteiger partial charge in [-0.1, -0.05) is 30.3 Å². The van der Waals surface area contributed by atoms with Crippen LogP contribution in [-0.2, 0) is 13.0 Å². The standard InChI is InChI=1S/C14H18N2O2/c1-2-12(15)9-11-5-3-4-6-14(11)17-10-13-7-8-16-18-13/h3-8,12H,2,9-10,15H2,1H3. The zero-order chi connectivity index (χ0) is 12.8.